The van der Waals surface area contributed by atoms with Crippen LogP contribution in [0.5, 0.6) is 0 Å². The van der Waals surface area contributed by atoms with E-state index in [0.717, 1.165) is 25.7 Å². The van der Waals surface area contributed by atoms with Gasteiger partial charge in [0, 0.05) is 21.9 Å². The second kappa shape index (κ2) is 6.56. The van der Waals surface area contributed by atoms with Crippen molar-refractivity contribution in [2.75, 3.05) is 6.54 Å². The van der Waals surface area contributed by atoms with Crippen molar-refractivity contribution >= 4 is 53.2 Å². The maximum absolute atomic E-state index is 12.8. The van der Waals surface area contributed by atoms with Crippen LogP contribution >= 0.6 is 43.2 Å². The minimum Gasteiger partial charge on any atom is -0.206 e. The van der Waals surface area contributed by atoms with E-state index in [1.807, 2.05) is 5.38 Å². The predicted molar refractivity (Wildman–Crippen MR) is 86.6 cm³/mol. The molecule has 1 aromatic rings. The molecule has 2 unspecified atom stereocenters. The van der Waals surface area contributed by atoms with Gasteiger partial charge >= 0.3 is 0 Å². The molecule has 1 aromatic heterocycles. The fourth-order valence-electron chi connectivity index (χ4n) is 2.47. The normalized spacial score (nSPS) is 23.4. The topological polar surface area (TPSA) is 37.4 Å². The number of alkyl halides is 1. The highest BCUT2D eigenvalue weighted by Crippen LogP contribution is 2.34. The van der Waals surface area contributed by atoms with Crippen LogP contribution in [0.15, 0.2) is 20.1 Å². The molecule has 1 saturated heterocycles. The van der Waals surface area contributed by atoms with Crippen molar-refractivity contribution in [1.29, 1.82) is 0 Å². The highest BCUT2D eigenvalue weighted by molar-refractivity contribution is 9.10. The smallest absolute Gasteiger partial charge is 0.206 e. The summed E-state index contributed by atoms with van der Waals surface area (Å²) >= 11 is 8.16. The highest BCUT2D eigenvalue weighted by atomic mass is 79.9. The average Bonchev–Trinajstić information content (AvgIpc) is 2.76. The van der Waals surface area contributed by atoms with Crippen molar-refractivity contribution in [3.8, 4) is 0 Å². The molecular weight excluding hydrogens is 414 g/mol. The fraction of sp³-hybridized carbons (Fsp3) is 0.667. The Bertz CT molecular complexity index is 528. The largest absolute Gasteiger partial charge is 0.253 e. The average molecular weight is 431 g/mol. The lowest BCUT2D eigenvalue weighted by atomic mass is 10.0. The van der Waals surface area contributed by atoms with Crippen molar-refractivity contribution in [2.45, 2.75) is 47.7 Å². The first-order valence-electron chi connectivity index (χ1n) is 6.32. The van der Waals surface area contributed by atoms with Gasteiger partial charge in [0.15, 0.2) is 0 Å². The molecule has 0 bridgehead atoms. The number of nitrogens with zero attached hydrogens (tertiary/aromatic N) is 1. The summed E-state index contributed by atoms with van der Waals surface area (Å²) in [6.45, 7) is 2.71. The molecule has 1 aliphatic rings. The quantitative estimate of drug-likeness (QED) is 0.670. The number of piperidine rings is 1. The van der Waals surface area contributed by atoms with Crippen LogP contribution in [0, 0.1) is 0 Å². The standard InChI is InChI=1S/C12H17Br2NO2S2/c1-9(13)8-10-4-2-3-6-15(10)19(16,17)12-11(14)5-7-18-12/h5,7,9-10H,2-4,6,8H2,1H3. The number of halogens is 2. The first-order valence-corrected chi connectivity index (χ1v) is 10.3. The molecule has 0 N–H and O–H groups in total. The molecule has 0 spiro atoms. The van der Waals surface area contributed by atoms with Crippen molar-refractivity contribution in [3.05, 3.63) is 15.9 Å². The van der Waals surface area contributed by atoms with Crippen molar-refractivity contribution in [2.24, 2.45) is 0 Å². The van der Waals surface area contributed by atoms with E-state index in [1.54, 1.807) is 10.4 Å². The number of thiophene rings is 1. The van der Waals surface area contributed by atoms with Crippen LogP contribution in [0.4, 0.5) is 0 Å². The summed E-state index contributed by atoms with van der Waals surface area (Å²) in [6.07, 6.45) is 3.89. The summed E-state index contributed by atoms with van der Waals surface area (Å²) in [4.78, 5) is 0.333. The van der Waals surface area contributed by atoms with E-state index in [9.17, 15) is 8.42 Å². The molecule has 108 valence electrons. The van der Waals surface area contributed by atoms with Gasteiger partial charge in [-0.2, -0.15) is 4.31 Å². The van der Waals surface area contributed by atoms with E-state index in [2.05, 4.69) is 38.8 Å². The van der Waals surface area contributed by atoms with Gasteiger partial charge in [0.25, 0.3) is 10.0 Å². The van der Waals surface area contributed by atoms with E-state index in [1.165, 1.54) is 11.3 Å². The van der Waals surface area contributed by atoms with Gasteiger partial charge in [0.05, 0.1) is 0 Å². The molecule has 0 radical (unpaired) electrons. The highest BCUT2D eigenvalue weighted by Gasteiger charge is 2.35. The number of rotatable bonds is 4. The fourth-order valence-corrected chi connectivity index (χ4v) is 7.03. The summed E-state index contributed by atoms with van der Waals surface area (Å²) in [5.41, 5.74) is 0. The molecule has 3 nitrogen and oxygen atoms in total. The van der Waals surface area contributed by atoms with Gasteiger partial charge in [-0.3, -0.25) is 0 Å². The van der Waals surface area contributed by atoms with Crippen LogP contribution in [0.25, 0.3) is 0 Å². The van der Waals surface area contributed by atoms with Crippen LogP contribution in [-0.4, -0.2) is 30.1 Å². The lowest BCUT2D eigenvalue weighted by Crippen LogP contribution is -2.44. The minimum atomic E-state index is -3.36. The second-order valence-corrected chi connectivity index (χ2v) is 10.3. The van der Waals surface area contributed by atoms with Gasteiger partial charge in [0.2, 0.25) is 0 Å². The van der Waals surface area contributed by atoms with Crippen molar-refractivity contribution in [3.63, 3.8) is 0 Å². The molecule has 1 fully saturated rings. The first-order chi connectivity index (χ1) is 8.93. The molecule has 1 aliphatic heterocycles. The Morgan fingerprint density at radius 2 is 2.26 bits per heavy atom. The van der Waals surface area contributed by atoms with E-state index in [0.29, 0.717) is 20.1 Å². The molecule has 2 heterocycles. The third-order valence-electron chi connectivity index (χ3n) is 3.30. The van der Waals surface area contributed by atoms with E-state index < -0.39 is 10.0 Å². The summed E-state index contributed by atoms with van der Waals surface area (Å²) in [5, 5.41) is 1.81. The van der Waals surface area contributed by atoms with Crippen LogP contribution in [0.2, 0.25) is 0 Å². The Kier molecular flexibility index (Phi) is 5.50. The van der Waals surface area contributed by atoms with E-state index >= 15 is 0 Å². The summed E-state index contributed by atoms with van der Waals surface area (Å²) in [6, 6.07) is 1.91. The monoisotopic (exact) mass is 429 g/mol. The third kappa shape index (κ3) is 3.61. The van der Waals surface area contributed by atoms with Gasteiger partial charge in [0.1, 0.15) is 4.21 Å². The van der Waals surface area contributed by atoms with Crippen LogP contribution in [-0.2, 0) is 10.0 Å². The molecule has 0 aliphatic carbocycles. The Labute approximate surface area is 135 Å². The molecule has 0 saturated carbocycles. The Morgan fingerprint density at radius 1 is 1.53 bits per heavy atom. The van der Waals surface area contributed by atoms with Gasteiger partial charge in [-0.15, -0.1) is 11.3 Å². The Balaban J connectivity index is 2.29. The zero-order chi connectivity index (χ0) is 14.0. The lowest BCUT2D eigenvalue weighted by molar-refractivity contribution is 0.242. The van der Waals surface area contributed by atoms with E-state index in [4.69, 9.17) is 0 Å². The molecule has 2 rings (SSSR count). The van der Waals surface area contributed by atoms with Crippen molar-refractivity contribution in [1.82, 2.24) is 4.31 Å². The number of hydrogen-bond donors (Lipinski definition) is 0. The van der Waals surface area contributed by atoms with Gasteiger partial charge < -0.3 is 0 Å². The van der Waals surface area contributed by atoms with Crippen molar-refractivity contribution < 1.29 is 8.42 Å². The molecule has 2 atom stereocenters. The third-order valence-corrected chi connectivity index (χ3v) is 8.27. The van der Waals surface area contributed by atoms with Crippen LogP contribution < -0.4 is 0 Å². The first kappa shape index (κ1) is 15.9. The van der Waals surface area contributed by atoms with Crippen LogP contribution in [0.1, 0.15) is 32.6 Å². The minimum absolute atomic E-state index is 0.113. The molecule has 7 heteroatoms. The molecular formula is C12H17Br2NO2S2. The zero-order valence-corrected chi connectivity index (χ0v) is 15.5. The molecule has 19 heavy (non-hydrogen) atoms. The van der Waals surface area contributed by atoms with E-state index in [-0.39, 0.29) is 6.04 Å². The SMILES string of the molecule is CC(Br)CC1CCCCN1S(=O)(=O)c1sccc1Br. The lowest BCUT2D eigenvalue weighted by Gasteiger charge is -2.35. The van der Waals surface area contributed by atoms with Gasteiger partial charge in [-0.1, -0.05) is 29.3 Å². The predicted octanol–water partition coefficient (Wildman–Crippen LogP) is 4.23. The second-order valence-electron chi connectivity index (χ2n) is 4.84. The molecule has 0 aromatic carbocycles. The molecule has 0 amide bonds. The zero-order valence-electron chi connectivity index (χ0n) is 10.7. The number of hydrogen-bond acceptors (Lipinski definition) is 3. The maximum atomic E-state index is 12.8. The summed E-state index contributed by atoms with van der Waals surface area (Å²) in [7, 11) is -3.36. The summed E-state index contributed by atoms with van der Waals surface area (Å²) < 4.78 is 28.3. The van der Waals surface area contributed by atoms with Gasteiger partial charge in [-0.25, -0.2) is 8.42 Å². The van der Waals surface area contributed by atoms with Crippen LogP contribution in [0.3, 0.4) is 0 Å². The Morgan fingerprint density at radius 3 is 2.84 bits per heavy atom. The van der Waals surface area contributed by atoms with Gasteiger partial charge in [-0.05, 0) is 46.6 Å². The Hall–Kier alpha value is 0.570. The summed E-state index contributed by atoms with van der Waals surface area (Å²) in [5.74, 6) is 0. The number of sulfonamides is 1. The maximum Gasteiger partial charge on any atom is 0.253 e.